The molecule has 0 atom stereocenters. The van der Waals surface area contributed by atoms with Gasteiger partial charge in [-0.15, -0.1) is 0 Å². The Morgan fingerprint density at radius 3 is 2.33 bits per heavy atom. The Morgan fingerprint density at radius 2 is 1.58 bits per heavy atom. The Kier molecular flexibility index (Phi) is 5.73. The zero-order valence-corrected chi connectivity index (χ0v) is 19.1. The van der Waals surface area contributed by atoms with Gasteiger partial charge in [-0.05, 0) is 25.3 Å². The molecule has 3 aliphatic rings. The van der Waals surface area contributed by atoms with Crippen LogP contribution in [0.15, 0.2) is 29.1 Å². The molecule has 9 heteroatoms. The maximum absolute atomic E-state index is 6.88. The maximum atomic E-state index is 6.88. The van der Waals surface area contributed by atoms with Crippen molar-refractivity contribution in [2.45, 2.75) is 19.3 Å². The molecule has 176 valence electrons. The number of imidazole rings is 1. The highest BCUT2D eigenvalue weighted by molar-refractivity contribution is 5.95. The van der Waals surface area contributed by atoms with E-state index in [0.29, 0.717) is 0 Å². The van der Waals surface area contributed by atoms with E-state index in [1.165, 1.54) is 30.6 Å². The van der Waals surface area contributed by atoms with Gasteiger partial charge in [0.25, 0.3) is 0 Å². The van der Waals surface area contributed by atoms with E-state index in [-0.39, 0.29) is 0 Å². The van der Waals surface area contributed by atoms with Crippen LogP contribution in [0.4, 0.5) is 17.3 Å². The number of morpholine rings is 1. The number of aromatic nitrogens is 3. The van der Waals surface area contributed by atoms with Gasteiger partial charge in [0.05, 0.1) is 18.9 Å². The van der Waals surface area contributed by atoms with Gasteiger partial charge in [-0.2, -0.15) is 0 Å². The van der Waals surface area contributed by atoms with Crippen LogP contribution < -0.4 is 20.0 Å². The van der Waals surface area contributed by atoms with Gasteiger partial charge in [-0.3, -0.25) is 0 Å². The number of piperidine rings is 1. The lowest BCUT2D eigenvalue weighted by Crippen LogP contribution is -2.44. The third-order valence-electron chi connectivity index (χ3n) is 6.97. The second kappa shape index (κ2) is 9.15. The Labute approximate surface area is 194 Å². The van der Waals surface area contributed by atoms with Gasteiger partial charge in [0.15, 0.2) is 11.6 Å². The number of furan rings is 1. The molecule has 0 unspecified atom stereocenters. The molecule has 3 fully saturated rings. The summed E-state index contributed by atoms with van der Waals surface area (Å²) in [6, 6.07) is 2.12. The van der Waals surface area contributed by atoms with Gasteiger partial charge in [0, 0.05) is 76.5 Å². The molecule has 3 N–H and O–H groups in total. The molecule has 6 rings (SSSR count). The Bertz CT molecular complexity index is 1040. The van der Waals surface area contributed by atoms with Crippen molar-refractivity contribution < 1.29 is 9.15 Å². The second-order valence-electron chi connectivity index (χ2n) is 9.02. The molecule has 3 aromatic rings. The lowest BCUT2D eigenvalue weighted by Gasteiger charge is -2.36. The molecule has 9 nitrogen and oxygen atoms in total. The number of nitrogens with one attached hydrogen (secondary N) is 3. The van der Waals surface area contributed by atoms with Gasteiger partial charge >= 0.3 is 0 Å². The van der Waals surface area contributed by atoms with Gasteiger partial charge in [0.2, 0.25) is 5.88 Å². The lowest BCUT2D eigenvalue weighted by atomic mass is 10.1. The summed E-state index contributed by atoms with van der Waals surface area (Å²) in [7, 11) is 0. The summed E-state index contributed by atoms with van der Waals surface area (Å²) in [6.45, 7) is 9.23. The fourth-order valence-electron chi connectivity index (χ4n) is 5.31. The number of hydrogen-bond donors (Lipinski definition) is 3. The van der Waals surface area contributed by atoms with Crippen LogP contribution in [0.3, 0.4) is 0 Å². The Morgan fingerprint density at radius 1 is 0.788 bits per heavy atom. The number of piperazine rings is 1. The first-order chi connectivity index (χ1) is 16.4. The van der Waals surface area contributed by atoms with E-state index in [4.69, 9.17) is 9.15 Å². The van der Waals surface area contributed by atoms with E-state index < -0.39 is 0 Å². The largest absolute Gasteiger partial charge is 0.436 e. The lowest BCUT2D eigenvalue weighted by molar-refractivity contribution is 0.121. The first-order valence-electron chi connectivity index (χ1n) is 12.3. The monoisotopic (exact) mass is 451 g/mol. The highest BCUT2D eigenvalue weighted by Gasteiger charge is 2.34. The van der Waals surface area contributed by atoms with E-state index >= 15 is 0 Å². The fourth-order valence-corrected chi connectivity index (χ4v) is 5.31. The molecule has 3 aromatic heterocycles. The van der Waals surface area contributed by atoms with Crippen LogP contribution in [0.2, 0.25) is 0 Å². The van der Waals surface area contributed by atoms with Gasteiger partial charge in [-0.25, -0.2) is 4.98 Å². The van der Waals surface area contributed by atoms with Crippen molar-refractivity contribution in [2.75, 3.05) is 80.3 Å². The van der Waals surface area contributed by atoms with E-state index in [0.717, 1.165) is 94.3 Å². The zero-order valence-electron chi connectivity index (χ0n) is 19.1. The Balaban J connectivity index is 1.54. The number of H-pyrrole nitrogens is 2. The van der Waals surface area contributed by atoms with Crippen molar-refractivity contribution in [1.82, 2.24) is 20.3 Å². The normalized spacial score (nSPS) is 19.9. The quantitative estimate of drug-likeness (QED) is 0.550. The summed E-state index contributed by atoms with van der Waals surface area (Å²) >= 11 is 0. The maximum Gasteiger partial charge on any atom is 0.222 e. The zero-order chi connectivity index (χ0) is 22.0. The number of aromatic amines is 2. The first kappa shape index (κ1) is 20.7. The van der Waals surface area contributed by atoms with Crippen molar-refractivity contribution in [3.63, 3.8) is 0 Å². The van der Waals surface area contributed by atoms with Crippen LogP contribution in [-0.4, -0.2) is 80.5 Å². The molecule has 0 spiro atoms. The van der Waals surface area contributed by atoms with Crippen LogP contribution in [-0.2, 0) is 4.74 Å². The number of ether oxygens (including phenoxy) is 1. The minimum Gasteiger partial charge on any atom is -0.436 e. The molecule has 6 heterocycles. The van der Waals surface area contributed by atoms with Crippen LogP contribution >= 0.6 is 0 Å². The molecule has 3 saturated heterocycles. The van der Waals surface area contributed by atoms with Gasteiger partial charge in [-0.1, -0.05) is 0 Å². The van der Waals surface area contributed by atoms with Crippen LogP contribution in [0.25, 0.3) is 22.8 Å². The Hall–Kier alpha value is -2.91. The van der Waals surface area contributed by atoms with E-state index in [1.54, 1.807) is 6.20 Å². The molecular weight excluding hydrogens is 418 g/mol. The van der Waals surface area contributed by atoms with Crippen LogP contribution in [0.5, 0.6) is 0 Å². The average molecular weight is 452 g/mol. The average Bonchev–Trinajstić information content (AvgIpc) is 3.65. The van der Waals surface area contributed by atoms with Crippen molar-refractivity contribution in [3.05, 3.63) is 24.7 Å². The van der Waals surface area contributed by atoms with Crippen molar-refractivity contribution in [2.24, 2.45) is 0 Å². The van der Waals surface area contributed by atoms with Crippen molar-refractivity contribution in [3.8, 4) is 22.8 Å². The molecule has 0 aromatic carbocycles. The van der Waals surface area contributed by atoms with E-state index in [2.05, 4.69) is 41.0 Å². The highest BCUT2D eigenvalue weighted by Crippen LogP contribution is 2.51. The smallest absolute Gasteiger partial charge is 0.222 e. The molecule has 0 amide bonds. The first-order valence-corrected chi connectivity index (χ1v) is 12.3. The summed E-state index contributed by atoms with van der Waals surface area (Å²) in [4.78, 5) is 18.6. The highest BCUT2D eigenvalue weighted by atomic mass is 16.5. The molecule has 33 heavy (non-hydrogen) atoms. The molecule has 3 aliphatic heterocycles. The molecule has 0 radical (unpaired) electrons. The standard InChI is InChI=1S/C24H33N7O2/c1-2-10-29(11-3-1)21-20(30-12-8-25-9-13-30)22(33-24(21)31-14-16-32-17-15-31)18-4-5-26-19(18)23-27-6-7-28-23/h4-7,25-26H,1-3,8-17H2,(H,27,28). The summed E-state index contributed by atoms with van der Waals surface area (Å²) < 4.78 is 12.5. The topological polar surface area (TPSA) is 88.6 Å². The van der Waals surface area contributed by atoms with Crippen LogP contribution in [0, 0.1) is 0 Å². The third kappa shape index (κ3) is 3.89. The number of nitrogens with zero attached hydrogens (tertiary/aromatic N) is 4. The third-order valence-corrected chi connectivity index (χ3v) is 6.97. The van der Waals surface area contributed by atoms with Crippen LogP contribution in [0.1, 0.15) is 19.3 Å². The number of hydrogen-bond acceptors (Lipinski definition) is 7. The van der Waals surface area contributed by atoms with Crippen molar-refractivity contribution in [1.29, 1.82) is 0 Å². The number of rotatable bonds is 5. The minimum atomic E-state index is 0.736. The summed E-state index contributed by atoms with van der Waals surface area (Å²) in [6.07, 6.45) is 9.39. The summed E-state index contributed by atoms with van der Waals surface area (Å²) in [5.74, 6) is 2.76. The molecule has 0 saturated carbocycles. The predicted octanol–water partition coefficient (Wildman–Crippen LogP) is 2.90. The summed E-state index contributed by atoms with van der Waals surface area (Å²) in [5, 5.41) is 3.51. The van der Waals surface area contributed by atoms with E-state index in [9.17, 15) is 0 Å². The minimum absolute atomic E-state index is 0.736. The van der Waals surface area contributed by atoms with E-state index in [1.807, 2.05) is 12.4 Å². The molecule has 0 aliphatic carbocycles. The SMILES string of the molecule is c1c[nH]c(-c2[nH]ccc2-c2oc(N3CCOCC3)c(N3CCCCC3)c2N2CCNCC2)n1. The molecular formula is C24H33N7O2. The second-order valence-corrected chi connectivity index (χ2v) is 9.02. The summed E-state index contributed by atoms with van der Waals surface area (Å²) in [5.41, 5.74) is 4.51. The van der Waals surface area contributed by atoms with Gasteiger partial charge in [0.1, 0.15) is 11.4 Å². The molecule has 0 bridgehead atoms. The van der Waals surface area contributed by atoms with Crippen molar-refractivity contribution >= 4 is 17.3 Å². The van der Waals surface area contributed by atoms with Gasteiger partial charge < -0.3 is 39.1 Å². The predicted molar refractivity (Wildman–Crippen MR) is 130 cm³/mol. The number of anilines is 3. The fraction of sp³-hybridized carbons (Fsp3) is 0.542.